The highest BCUT2D eigenvalue weighted by Crippen LogP contribution is 2.13. The van der Waals surface area contributed by atoms with Gasteiger partial charge in [0.15, 0.2) is 0 Å². The molecule has 0 saturated carbocycles. The van der Waals surface area contributed by atoms with E-state index in [9.17, 15) is 0 Å². The van der Waals surface area contributed by atoms with Crippen molar-refractivity contribution in [3.63, 3.8) is 0 Å². The van der Waals surface area contributed by atoms with Crippen molar-refractivity contribution in [2.24, 2.45) is 5.84 Å². The Labute approximate surface area is 79.1 Å². The van der Waals surface area contributed by atoms with Gasteiger partial charge in [-0.3, -0.25) is 16.0 Å². The lowest BCUT2D eigenvalue weighted by atomic mass is 10.1. The molecule has 0 radical (unpaired) electrons. The summed E-state index contributed by atoms with van der Waals surface area (Å²) in [5.41, 5.74) is 3.94. The lowest BCUT2D eigenvalue weighted by Crippen LogP contribution is -2.27. The first-order valence-corrected chi connectivity index (χ1v) is 4.80. The molecule has 4 nitrogen and oxygen atoms in total. The molecule has 1 aromatic heterocycles. The fraction of sp³-hybridized carbons (Fsp3) is 0.667. The van der Waals surface area contributed by atoms with Crippen LogP contribution in [0.15, 0.2) is 12.4 Å². The summed E-state index contributed by atoms with van der Waals surface area (Å²) in [7, 11) is 0. The molecular formula is C9H18N4. The summed E-state index contributed by atoms with van der Waals surface area (Å²) in [6.07, 6.45) is 6.02. The topological polar surface area (TPSA) is 55.9 Å². The molecular weight excluding hydrogens is 164 g/mol. The van der Waals surface area contributed by atoms with Crippen molar-refractivity contribution in [1.29, 1.82) is 0 Å². The molecule has 1 rings (SSSR count). The summed E-state index contributed by atoms with van der Waals surface area (Å²) >= 11 is 0. The molecule has 74 valence electrons. The third-order valence-electron chi connectivity index (χ3n) is 2.12. The van der Waals surface area contributed by atoms with Gasteiger partial charge in [-0.2, -0.15) is 5.10 Å². The monoisotopic (exact) mass is 182 g/mol. The molecule has 1 heterocycles. The van der Waals surface area contributed by atoms with Crippen molar-refractivity contribution >= 4 is 0 Å². The fourth-order valence-electron chi connectivity index (χ4n) is 1.36. The Kier molecular flexibility index (Phi) is 3.92. The van der Waals surface area contributed by atoms with E-state index in [0.29, 0.717) is 0 Å². The minimum absolute atomic E-state index is 0.227. The average molecular weight is 182 g/mol. The van der Waals surface area contributed by atoms with Gasteiger partial charge in [0.2, 0.25) is 0 Å². The zero-order chi connectivity index (χ0) is 9.68. The first-order valence-electron chi connectivity index (χ1n) is 4.80. The van der Waals surface area contributed by atoms with Crippen molar-refractivity contribution < 1.29 is 0 Å². The van der Waals surface area contributed by atoms with Crippen LogP contribution in [0, 0.1) is 0 Å². The molecule has 0 fully saturated rings. The van der Waals surface area contributed by atoms with E-state index in [4.69, 9.17) is 5.84 Å². The molecule has 3 N–H and O–H groups in total. The highest BCUT2D eigenvalue weighted by Gasteiger charge is 2.08. The van der Waals surface area contributed by atoms with Crippen LogP contribution in [0.4, 0.5) is 0 Å². The second-order valence-electron chi connectivity index (χ2n) is 3.16. The fourth-order valence-corrected chi connectivity index (χ4v) is 1.36. The van der Waals surface area contributed by atoms with Crippen LogP contribution in [0.1, 0.15) is 38.3 Å². The second-order valence-corrected chi connectivity index (χ2v) is 3.16. The zero-order valence-corrected chi connectivity index (χ0v) is 8.33. The van der Waals surface area contributed by atoms with E-state index in [2.05, 4.69) is 30.6 Å². The standard InChI is InChI=1S/C9H18N4/c1-3-5-13-7-8(6-11-13)9(4-2)12-10/h6-7,9,12H,3-5,10H2,1-2H3. The number of hydrazine groups is 1. The summed E-state index contributed by atoms with van der Waals surface area (Å²) in [5.74, 6) is 5.41. The molecule has 1 aromatic rings. The number of hydrogen-bond donors (Lipinski definition) is 2. The summed E-state index contributed by atoms with van der Waals surface area (Å²) in [6, 6.07) is 0.227. The van der Waals surface area contributed by atoms with Gasteiger partial charge in [0.05, 0.1) is 6.20 Å². The Hall–Kier alpha value is -0.870. The van der Waals surface area contributed by atoms with E-state index in [-0.39, 0.29) is 6.04 Å². The van der Waals surface area contributed by atoms with Crippen LogP contribution in [-0.2, 0) is 6.54 Å². The smallest absolute Gasteiger partial charge is 0.0538 e. The molecule has 0 aliphatic rings. The largest absolute Gasteiger partial charge is 0.272 e. The van der Waals surface area contributed by atoms with E-state index in [1.54, 1.807) is 0 Å². The maximum absolute atomic E-state index is 5.41. The minimum atomic E-state index is 0.227. The first kappa shape index (κ1) is 10.2. The van der Waals surface area contributed by atoms with E-state index in [1.807, 2.05) is 10.9 Å². The van der Waals surface area contributed by atoms with Gasteiger partial charge in [-0.15, -0.1) is 0 Å². The van der Waals surface area contributed by atoms with Gasteiger partial charge in [0.1, 0.15) is 0 Å². The molecule has 4 heteroatoms. The van der Waals surface area contributed by atoms with Crippen molar-refractivity contribution in [1.82, 2.24) is 15.2 Å². The number of rotatable bonds is 5. The quantitative estimate of drug-likeness (QED) is 0.531. The summed E-state index contributed by atoms with van der Waals surface area (Å²) < 4.78 is 1.95. The van der Waals surface area contributed by atoms with Gasteiger partial charge < -0.3 is 0 Å². The average Bonchev–Trinajstić information content (AvgIpc) is 2.56. The molecule has 0 aliphatic carbocycles. The molecule has 1 unspecified atom stereocenters. The molecule has 0 spiro atoms. The highest BCUT2D eigenvalue weighted by molar-refractivity contribution is 5.09. The highest BCUT2D eigenvalue weighted by atomic mass is 15.3. The van der Waals surface area contributed by atoms with Crippen molar-refractivity contribution in [3.05, 3.63) is 18.0 Å². The Morgan fingerprint density at radius 3 is 2.92 bits per heavy atom. The predicted octanol–water partition coefficient (Wildman–Crippen LogP) is 1.21. The predicted molar refractivity (Wildman–Crippen MR) is 52.9 cm³/mol. The van der Waals surface area contributed by atoms with E-state index < -0.39 is 0 Å². The molecule has 0 amide bonds. The van der Waals surface area contributed by atoms with Crippen LogP contribution in [0.3, 0.4) is 0 Å². The number of aromatic nitrogens is 2. The second kappa shape index (κ2) is 4.99. The molecule has 0 aromatic carbocycles. The summed E-state index contributed by atoms with van der Waals surface area (Å²) in [6.45, 7) is 5.21. The molecule has 0 aliphatic heterocycles. The Morgan fingerprint density at radius 1 is 1.62 bits per heavy atom. The molecule has 0 saturated heterocycles. The van der Waals surface area contributed by atoms with Crippen LogP contribution in [-0.4, -0.2) is 9.78 Å². The molecule has 13 heavy (non-hydrogen) atoms. The van der Waals surface area contributed by atoms with Gasteiger partial charge in [0.25, 0.3) is 0 Å². The third kappa shape index (κ3) is 2.54. The van der Waals surface area contributed by atoms with Crippen LogP contribution in [0.25, 0.3) is 0 Å². The van der Waals surface area contributed by atoms with Crippen molar-refractivity contribution in [2.75, 3.05) is 0 Å². The lowest BCUT2D eigenvalue weighted by molar-refractivity contribution is 0.536. The first-order chi connectivity index (χ1) is 6.31. The van der Waals surface area contributed by atoms with Gasteiger partial charge in [-0.1, -0.05) is 13.8 Å². The Balaban J connectivity index is 2.66. The number of nitrogens with one attached hydrogen (secondary N) is 1. The van der Waals surface area contributed by atoms with Gasteiger partial charge in [0, 0.05) is 24.3 Å². The Bertz CT molecular complexity index is 240. The van der Waals surface area contributed by atoms with Crippen LogP contribution >= 0.6 is 0 Å². The lowest BCUT2D eigenvalue weighted by Gasteiger charge is -2.09. The number of hydrogen-bond acceptors (Lipinski definition) is 3. The van der Waals surface area contributed by atoms with Gasteiger partial charge >= 0.3 is 0 Å². The molecule has 0 bridgehead atoms. The van der Waals surface area contributed by atoms with E-state index >= 15 is 0 Å². The normalized spacial score (nSPS) is 13.2. The van der Waals surface area contributed by atoms with Crippen molar-refractivity contribution in [2.45, 2.75) is 39.3 Å². The minimum Gasteiger partial charge on any atom is -0.272 e. The van der Waals surface area contributed by atoms with Crippen LogP contribution in [0.5, 0.6) is 0 Å². The maximum Gasteiger partial charge on any atom is 0.0538 e. The molecule has 1 atom stereocenters. The third-order valence-corrected chi connectivity index (χ3v) is 2.12. The van der Waals surface area contributed by atoms with E-state index in [1.165, 1.54) is 5.56 Å². The number of aryl methyl sites for hydroxylation is 1. The summed E-state index contributed by atoms with van der Waals surface area (Å²) in [5, 5.41) is 4.24. The Morgan fingerprint density at radius 2 is 2.38 bits per heavy atom. The van der Waals surface area contributed by atoms with Crippen molar-refractivity contribution in [3.8, 4) is 0 Å². The SMILES string of the molecule is CCCn1cc(C(CC)NN)cn1. The number of nitrogens with zero attached hydrogens (tertiary/aromatic N) is 2. The number of nitrogens with two attached hydrogens (primary N) is 1. The summed E-state index contributed by atoms with van der Waals surface area (Å²) in [4.78, 5) is 0. The zero-order valence-electron chi connectivity index (χ0n) is 8.33. The maximum atomic E-state index is 5.41. The van der Waals surface area contributed by atoms with E-state index in [0.717, 1.165) is 19.4 Å². The van der Waals surface area contributed by atoms with Crippen LogP contribution in [0.2, 0.25) is 0 Å². The van der Waals surface area contributed by atoms with Crippen LogP contribution < -0.4 is 11.3 Å². The van der Waals surface area contributed by atoms with Gasteiger partial charge in [-0.25, -0.2) is 0 Å². The van der Waals surface area contributed by atoms with Gasteiger partial charge in [-0.05, 0) is 12.8 Å².